The van der Waals surface area contributed by atoms with Crippen molar-refractivity contribution in [2.24, 2.45) is 5.41 Å². The van der Waals surface area contributed by atoms with E-state index in [0.717, 1.165) is 54.6 Å². The Morgan fingerprint density at radius 1 is 0.943 bits per heavy atom. The largest absolute Gasteiger partial charge is 0.454 e. The summed E-state index contributed by atoms with van der Waals surface area (Å²) in [6, 6.07) is 21.9. The van der Waals surface area contributed by atoms with E-state index < -0.39 is 0 Å². The summed E-state index contributed by atoms with van der Waals surface area (Å²) in [4.78, 5) is 17.7. The molecular weight excluding hydrogens is 483 g/mol. The van der Waals surface area contributed by atoms with E-state index in [1.54, 1.807) is 6.07 Å². The molecule has 2 fully saturated rings. The Labute approximate surface area is 215 Å². The van der Waals surface area contributed by atoms with Gasteiger partial charge in [0.25, 0.3) is 5.91 Å². The van der Waals surface area contributed by atoms with Crippen LogP contribution in [-0.2, 0) is 6.54 Å². The lowest BCUT2D eigenvalue weighted by atomic mass is 9.63. The Morgan fingerprint density at radius 2 is 1.69 bits per heavy atom. The molecular formula is C28H26Cl2N2O3. The maximum absolute atomic E-state index is 13.2. The van der Waals surface area contributed by atoms with Crippen LogP contribution in [0.2, 0.25) is 10.0 Å². The first-order valence-electron chi connectivity index (χ1n) is 11.9. The van der Waals surface area contributed by atoms with Gasteiger partial charge >= 0.3 is 0 Å². The van der Waals surface area contributed by atoms with E-state index >= 15 is 0 Å². The Bertz CT molecular complexity index is 1260. The molecule has 0 N–H and O–H groups in total. The highest BCUT2D eigenvalue weighted by Gasteiger charge is 2.54. The van der Waals surface area contributed by atoms with Crippen LogP contribution in [0.1, 0.15) is 40.4 Å². The molecule has 0 saturated carbocycles. The zero-order chi connectivity index (χ0) is 24.0. The van der Waals surface area contributed by atoms with Crippen molar-refractivity contribution in [3.8, 4) is 11.5 Å². The fourth-order valence-electron chi connectivity index (χ4n) is 5.86. The van der Waals surface area contributed by atoms with E-state index in [1.165, 1.54) is 5.56 Å². The molecule has 3 heterocycles. The summed E-state index contributed by atoms with van der Waals surface area (Å²) < 4.78 is 10.8. The molecule has 0 radical (unpaired) electrons. The van der Waals surface area contributed by atoms with Gasteiger partial charge in [0.15, 0.2) is 11.5 Å². The number of likely N-dealkylation sites (tertiary alicyclic amines) is 2. The normalized spacial score (nSPS) is 20.6. The van der Waals surface area contributed by atoms with Crippen molar-refractivity contribution in [3.05, 3.63) is 93.5 Å². The number of carbonyl (C=O) groups is 1. The molecule has 35 heavy (non-hydrogen) atoms. The Kier molecular flexibility index (Phi) is 5.87. The molecule has 180 valence electrons. The molecule has 1 amide bonds. The number of carbonyl (C=O) groups excluding carboxylic acids is 1. The second-order valence-electron chi connectivity index (χ2n) is 9.67. The number of nitrogens with zero attached hydrogens (tertiary/aromatic N) is 2. The fourth-order valence-corrected chi connectivity index (χ4v) is 6.18. The molecule has 1 spiro atoms. The third kappa shape index (κ3) is 4.16. The molecule has 0 aromatic heterocycles. The number of ether oxygens (including phenoxy) is 2. The number of halogens is 2. The predicted molar refractivity (Wildman–Crippen MR) is 136 cm³/mol. The molecule has 3 aromatic carbocycles. The number of amides is 1. The second-order valence-corrected chi connectivity index (χ2v) is 10.5. The van der Waals surface area contributed by atoms with Gasteiger partial charge < -0.3 is 14.4 Å². The Balaban J connectivity index is 1.20. The third-order valence-electron chi connectivity index (χ3n) is 7.65. The number of hydrogen-bond acceptors (Lipinski definition) is 4. The van der Waals surface area contributed by atoms with E-state index in [2.05, 4.69) is 23.1 Å². The van der Waals surface area contributed by atoms with Gasteiger partial charge in [0, 0.05) is 53.2 Å². The van der Waals surface area contributed by atoms with Gasteiger partial charge in [-0.3, -0.25) is 9.69 Å². The highest BCUT2D eigenvalue weighted by Crippen LogP contribution is 2.55. The van der Waals surface area contributed by atoms with Crippen LogP contribution in [0.15, 0.2) is 66.7 Å². The summed E-state index contributed by atoms with van der Waals surface area (Å²) in [6.45, 7) is 3.46. The minimum absolute atomic E-state index is 0.0495. The standard InChI is InChI=1S/C28H26Cl2N2O3/c29-22-8-5-19(6-9-22)26-28(17-32(26)16-21-3-1-2-4-23(21)30)11-13-31(14-12-28)27(33)20-7-10-24-25(15-20)35-18-34-24/h1-10,15,26H,11-14,16-18H2. The molecule has 1 unspecified atom stereocenters. The lowest BCUT2D eigenvalue weighted by Crippen LogP contribution is -2.62. The van der Waals surface area contributed by atoms with E-state index in [9.17, 15) is 4.79 Å². The van der Waals surface area contributed by atoms with Gasteiger partial charge in [-0.15, -0.1) is 0 Å². The maximum atomic E-state index is 13.2. The smallest absolute Gasteiger partial charge is 0.253 e. The van der Waals surface area contributed by atoms with Crippen molar-refractivity contribution in [2.75, 3.05) is 26.4 Å². The number of rotatable bonds is 4. The molecule has 3 aromatic rings. The molecule has 5 nitrogen and oxygen atoms in total. The van der Waals surface area contributed by atoms with Gasteiger partial charge in [-0.1, -0.05) is 53.5 Å². The zero-order valence-corrected chi connectivity index (χ0v) is 20.8. The fraction of sp³-hybridized carbons (Fsp3) is 0.321. The van der Waals surface area contributed by atoms with E-state index in [0.29, 0.717) is 17.1 Å². The number of fused-ring (bicyclic) bond motifs is 1. The van der Waals surface area contributed by atoms with Gasteiger partial charge in [-0.2, -0.15) is 0 Å². The lowest BCUT2D eigenvalue weighted by Gasteiger charge is -2.61. The van der Waals surface area contributed by atoms with Crippen molar-refractivity contribution < 1.29 is 14.3 Å². The van der Waals surface area contributed by atoms with Gasteiger partial charge in [-0.05, 0) is 60.4 Å². The topological polar surface area (TPSA) is 42.0 Å². The average Bonchev–Trinajstić information content (AvgIpc) is 3.34. The van der Waals surface area contributed by atoms with Crippen molar-refractivity contribution in [2.45, 2.75) is 25.4 Å². The summed E-state index contributed by atoms with van der Waals surface area (Å²) in [7, 11) is 0. The third-order valence-corrected chi connectivity index (χ3v) is 8.27. The van der Waals surface area contributed by atoms with Crippen LogP contribution in [-0.4, -0.2) is 42.1 Å². The molecule has 7 heteroatoms. The van der Waals surface area contributed by atoms with Gasteiger partial charge in [0.2, 0.25) is 6.79 Å². The Morgan fingerprint density at radius 3 is 2.46 bits per heavy atom. The Hall–Kier alpha value is -2.73. The predicted octanol–water partition coefficient (Wildman–Crippen LogP) is 6.20. The number of hydrogen-bond donors (Lipinski definition) is 0. The van der Waals surface area contributed by atoms with Crippen molar-refractivity contribution in [3.63, 3.8) is 0 Å². The van der Waals surface area contributed by atoms with Gasteiger partial charge in [-0.25, -0.2) is 0 Å². The van der Waals surface area contributed by atoms with Crippen molar-refractivity contribution >= 4 is 29.1 Å². The second kappa shape index (κ2) is 9.05. The van der Waals surface area contributed by atoms with E-state index in [4.69, 9.17) is 32.7 Å². The number of benzene rings is 3. The first-order chi connectivity index (χ1) is 17.0. The molecule has 0 bridgehead atoms. The molecule has 2 saturated heterocycles. The van der Waals surface area contributed by atoms with Crippen LogP contribution in [0.25, 0.3) is 0 Å². The zero-order valence-electron chi connectivity index (χ0n) is 19.3. The highest BCUT2D eigenvalue weighted by atomic mass is 35.5. The van der Waals surface area contributed by atoms with E-state index in [1.807, 2.05) is 47.4 Å². The molecule has 3 aliphatic rings. The summed E-state index contributed by atoms with van der Waals surface area (Å²) in [6.07, 6.45) is 1.91. The van der Waals surface area contributed by atoms with Crippen LogP contribution >= 0.6 is 23.2 Å². The lowest BCUT2D eigenvalue weighted by molar-refractivity contribution is -0.113. The summed E-state index contributed by atoms with van der Waals surface area (Å²) in [5, 5.41) is 1.54. The van der Waals surface area contributed by atoms with Crippen molar-refractivity contribution in [1.82, 2.24) is 9.80 Å². The van der Waals surface area contributed by atoms with Crippen LogP contribution in [0, 0.1) is 5.41 Å². The minimum Gasteiger partial charge on any atom is -0.454 e. The molecule has 6 rings (SSSR count). The highest BCUT2D eigenvalue weighted by molar-refractivity contribution is 6.31. The molecule has 1 atom stereocenters. The first kappa shape index (κ1) is 22.7. The van der Waals surface area contributed by atoms with E-state index in [-0.39, 0.29) is 24.2 Å². The summed E-state index contributed by atoms with van der Waals surface area (Å²) in [5.41, 5.74) is 3.18. The summed E-state index contributed by atoms with van der Waals surface area (Å²) in [5.74, 6) is 1.38. The van der Waals surface area contributed by atoms with Gasteiger partial charge in [0.05, 0.1) is 0 Å². The first-order valence-corrected chi connectivity index (χ1v) is 12.7. The molecule has 0 aliphatic carbocycles. The SMILES string of the molecule is O=C(c1ccc2c(c1)OCO2)N1CCC2(CC1)CN(Cc1ccccc1Cl)C2c1ccc(Cl)cc1. The quantitative estimate of drug-likeness (QED) is 0.420. The monoisotopic (exact) mass is 508 g/mol. The number of piperidine rings is 1. The average molecular weight is 509 g/mol. The maximum Gasteiger partial charge on any atom is 0.253 e. The van der Waals surface area contributed by atoms with Crippen LogP contribution in [0.4, 0.5) is 0 Å². The minimum atomic E-state index is 0.0495. The van der Waals surface area contributed by atoms with Gasteiger partial charge in [0.1, 0.15) is 0 Å². The van der Waals surface area contributed by atoms with Crippen LogP contribution in [0.5, 0.6) is 11.5 Å². The van der Waals surface area contributed by atoms with Crippen LogP contribution < -0.4 is 9.47 Å². The summed E-state index contributed by atoms with van der Waals surface area (Å²) >= 11 is 12.7. The van der Waals surface area contributed by atoms with Crippen molar-refractivity contribution in [1.29, 1.82) is 0 Å². The van der Waals surface area contributed by atoms with Crippen LogP contribution in [0.3, 0.4) is 0 Å². The molecule has 3 aliphatic heterocycles.